The molecule has 0 unspecified atom stereocenters. The van der Waals surface area contributed by atoms with Crippen LogP contribution in [0.4, 0.5) is 10.1 Å². The van der Waals surface area contributed by atoms with E-state index in [9.17, 15) is 9.18 Å². The molecule has 154 valence electrons. The monoisotopic (exact) mass is 396 g/mol. The fraction of sp³-hybridized carbons (Fsp3) is 0.458. The lowest BCUT2D eigenvalue weighted by atomic mass is 9.93. The fourth-order valence-electron chi connectivity index (χ4n) is 5.23. The molecule has 4 nitrogen and oxygen atoms in total. The van der Waals surface area contributed by atoms with Gasteiger partial charge in [-0.15, -0.1) is 0 Å². The van der Waals surface area contributed by atoms with Crippen molar-refractivity contribution in [2.75, 3.05) is 18.6 Å². The summed E-state index contributed by atoms with van der Waals surface area (Å²) in [5.74, 6) is 0.672. The predicted molar refractivity (Wildman–Crippen MR) is 113 cm³/mol. The number of halogens is 1. The highest BCUT2D eigenvalue weighted by molar-refractivity contribution is 5.80. The Morgan fingerprint density at radius 1 is 1.17 bits per heavy atom. The van der Waals surface area contributed by atoms with Crippen LogP contribution in [0.2, 0.25) is 0 Å². The van der Waals surface area contributed by atoms with Crippen molar-refractivity contribution in [3.63, 3.8) is 0 Å². The number of nitrogens with zero attached hydrogens (tertiary/aromatic N) is 2. The van der Waals surface area contributed by atoms with Gasteiger partial charge in [0.25, 0.3) is 0 Å². The molecule has 2 aromatic carbocycles. The molecular formula is C24H29FN2O2. The van der Waals surface area contributed by atoms with Crippen LogP contribution in [0.25, 0.3) is 0 Å². The molecule has 0 radical (unpaired) electrons. The van der Waals surface area contributed by atoms with Crippen LogP contribution in [0, 0.1) is 5.82 Å². The molecule has 0 aromatic heterocycles. The second-order valence-corrected chi connectivity index (χ2v) is 8.72. The molecule has 2 atom stereocenters. The summed E-state index contributed by atoms with van der Waals surface area (Å²) in [5, 5.41) is 0. The molecule has 2 fully saturated rings. The van der Waals surface area contributed by atoms with Crippen LogP contribution >= 0.6 is 0 Å². The molecule has 5 heteroatoms. The zero-order valence-electron chi connectivity index (χ0n) is 17.4. The standard InChI is InChI=1S/C24H29FN2O2/c1-24(2)16-21-20(27(24)19-10-6-9-18(25)15-19)11-7-13-26(21)23(28)14-17-8-4-5-12-22(17)29-3/h4-6,8-10,12,15,20-21H,7,11,13-14,16H2,1-3H3/t20-,21-/m0/s1. The Labute approximate surface area is 172 Å². The first-order chi connectivity index (χ1) is 13.9. The van der Waals surface area contributed by atoms with E-state index in [0.29, 0.717) is 6.42 Å². The maximum absolute atomic E-state index is 13.9. The molecule has 0 aliphatic carbocycles. The van der Waals surface area contributed by atoms with Crippen LogP contribution in [0.5, 0.6) is 5.75 Å². The summed E-state index contributed by atoms with van der Waals surface area (Å²) in [4.78, 5) is 17.7. The molecule has 4 rings (SSSR count). The van der Waals surface area contributed by atoms with Gasteiger partial charge in [-0.3, -0.25) is 4.79 Å². The predicted octanol–water partition coefficient (Wildman–Crippen LogP) is 4.43. The Morgan fingerprint density at radius 2 is 1.97 bits per heavy atom. The topological polar surface area (TPSA) is 32.8 Å². The van der Waals surface area contributed by atoms with Gasteiger partial charge in [0, 0.05) is 23.3 Å². The third-order valence-electron chi connectivity index (χ3n) is 6.38. The molecule has 0 spiro atoms. The third-order valence-corrected chi connectivity index (χ3v) is 6.38. The number of likely N-dealkylation sites (tertiary alicyclic amines) is 1. The summed E-state index contributed by atoms with van der Waals surface area (Å²) in [5.41, 5.74) is 1.68. The lowest BCUT2D eigenvalue weighted by molar-refractivity contribution is -0.134. The number of benzene rings is 2. The second kappa shape index (κ2) is 7.69. The fourth-order valence-corrected chi connectivity index (χ4v) is 5.23. The van der Waals surface area contributed by atoms with Crippen molar-refractivity contribution in [3.8, 4) is 5.75 Å². The lowest BCUT2D eigenvalue weighted by Gasteiger charge is -2.42. The SMILES string of the molecule is COc1ccccc1CC(=O)N1CCC[C@H]2[C@@H]1CC(C)(C)N2c1cccc(F)c1. The number of ether oxygens (including phenoxy) is 1. The van der Waals surface area contributed by atoms with Crippen molar-refractivity contribution in [2.24, 2.45) is 0 Å². The summed E-state index contributed by atoms with van der Waals surface area (Å²) in [6, 6.07) is 14.9. The van der Waals surface area contributed by atoms with Crippen molar-refractivity contribution >= 4 is 11.6 Å². The number of carbonyl (C=O) groups is 1. The number of rotatable bonds is 4. The summed E-state index contributed by atoms with van der Waals surface area (Å²) < 4.78 is 19.3. The molecule has 0 bridgehead atoms. The largest absolute Gasteiger partial charge is 0.496 e. The molecule has 2 aromatic rings. The third kappa shape index (κ3) is 3.70. The van der Waals surface area contributed by atoms with Crippen LogP contribution in [0.3, 0.4) is 0 Å². The maximum atomic E-state index is 13.9. The summed E-state index contributed by atoms with van der Waals surface area (Å²) in [6.07, 6.45) is 3.20. The Balaban J connectivity index is 1.59. The Morgan fingerprint density at radius 3 is 2.72 bits per heavy atom. The normalized spacial score (nSPS) is 23.0. The highest BCUT2D eigenvalue weighted by Gasteiger charge is 2.50. The van der Waals surface area contributed by atoms with E-state index in [1.807, 2.05) is 30.3 Å². The second-order valence-electron chi connectivity index (χ2n) is 8.72. The molecule has 2 aliphatic rings. The van der Waals surface area contributed by atoms with Gasteiger partial charge in [-0.05, 0) is 57.4 Å². The first-order valence-electron chi connectivity index (χ1n) is 10.4. The number of hydrogen-bond donors (Lipinski definition) is 0. The zero-order valence-corrected chi connectivity index (χ0v) is 17.4. The Bertz CT molecular complexity index is 898. The van der Waals surface area contributed by atoms with Gasteiger partial charge in [0.1, 0.15) is 11.6 Å². The minimum atomic E-state index is -0.221. The van der Waals surface area contributed by atoms with E-state index in [0.717, 1.165) is 42.8 Å². The quantitative estimate of drug-likeness (QED) is 0.767. The number of amides is 1. The molecule has 2 heterocycles. The first-order valence-corrected chi connectivity index (χ1v) is 10.4. The minimum absolute atomic E-state index is 0.140. The van der Waals surface area contributed by atoms with E-state index < -0.39 is 0 Å². The lowest BCUT2D eigenvalue weighted by Crippen LogP contribution is -2.53. The van der Waals surface area contributed by atoms with Gasteiger partial charge < -0.3 is 14.5 Å². The molecule has 29 heavy (non-hydrogen) atoms. The molecule has 1 amide bonds. The van der Waals surface area contributed by atoms with Crippen LogP contribution in [-0.2, 0) is 11.2 Å². The zero-order chi connectivity index (χ0) is 20.6. The maximum Gasteiger partial charge on any atom is 0.227 e. The van der Waals surface area contributed by atoms with Gasteiger partial charge in [-0.2, -0.15) is 0 Å². The smallest absolute Gasteiger partial charge is 0.227 e. The average Bonchev–Trinajstić information content (AvgIpc) is 2.97. The summed E-state index contributed by atoms with van der Waals surface area (Å²) in [7, 11) is 1.64. The highest BCUT2D eigenvalue weighted by Crippen LogP contribution is 2.44. The van der Waals surface area contributed by atoms with Crippen molar-refractivity contribution < 1.29 is 13.9 Å². The van der Waals surface area contributed by atoms with Crippen LogP contribution in [-0.4, -0.2) is 42.1 Å². The molecule has 0 saturated carbocycles. The Hall–Kier alpha value is -2.56. The number of hydrogen-bond acceptors (Lipinski definition) is 3. The van der Waals surface area contributed by atoms with Gasteiger partial charge in [0.2, 0.25) is 5.91 Å². The molecule has 2 aliphatic heterocycles. The van der Waals surface area contributed by atoms with E-state index in [1.165, 1.54) is 6.07 Å². The van der Waals surface area contributed by atoms with Crippen LogP contribution in [0.15, 0.2) is 48.5 Å². The highest BCUT2D eigenvalue weighted by atomic mass is 19.1. The molecule has 0 N–H and O–H groups in total. The number of carbonyl (C=O) groups excluding carboxylic acids is 1. The van der Waals surface area contributed by atoms with Gasteiger partial charge in [0.05, 0.1) is 25.6 Å². The van der Waals surface area contributed by atoms with E-state index >= 15 is 0 Å². The van der Waals surface area contributed by atoms with Gasteiger partial charge in [-0.25, -0.2) is 4.39 Å². The summed E-state index contributed by atoms with van der Waals surface area (Å²) >= 11 is 0. The minimum Gasteiger partial charge on any atom is -0.496 e. The average molecular weight is 397 g/mol. The number of fused-ring (bicyclic) bond motifs is 1. The number of piperidine rings is 1. The van der Waals surface area contributed by atoms with Crippen molar-refractivity contribution in [1.82, 2.24) is 4.90 Å². The van der Waals surface area contributed by atoms with E-state index in [4.69, 9.17) is 4.74 Å². The number of para-hydroxylation sites is 1. The van der Waals surface area contributed by atoms with Crippen LogP contribution < -0.4 is 9.64 Å². The molecular weight excluding hydrogens is 367 g/mol. The first kappa shape index (κ1) is 19.7. The van der Waals surface area contributed by atoms with E-state index in [2.05, 4.69) is 23.6 Å². The number of anilines is 1. The van der Waals surface area contributed by atoms with Crippen LogP contribution in [0.1, 0.15) is 38.7 Å². The van der Waals surface area contributed by atoms with Crippen molar-refractivity contribution in [3.05, 3.63) is 59.9 Å². The van der Waals surface area contributed by atoms with Crippen molar-refractivity contribution in [2.45, 2.75) is 57.2 Å². The molecule has 2 saturated heterocycles. The Kier molecular flexibility index (Phi) is 5.24. The van der Waals surface area contributed by atoms with Gasteiger partial charge >= 0.3 is 0 Å². The van der Waals surface area contributed by atoms with Gasteiger partial charge in [0.15, 0.2) is 0 Å². The number of methoxy groups -OCH3 is 1. The van der Waals surface area contributed by atoms with Crippen molar-refractivity contribution in [1.29, 1.82) is 0 Å². The van der Waals surface area contributed by atoms with E-state index in [-0.39, 0.29) is 29.3 Å². The van der Waals surface area contributed by atoms with Gasteiger partial charge in [-0.1, -0.05) is 24.3 Å². The van der Waals surface area contributed by atoms with E-state index in [1.54, 1.807) is 19.2 Å². The summed E-state index contributed by atoms with van der Waals surface area (Å²) in [6.45, 7) is 5.17.